The number of fused-ring (bicyclic) bond motifs is 2. The largest absolute Gasteiger partial charge is 0.505 e. The molecule has 66 heavy (non-hydrogen) atoms. The SMILES string of the molecule is Cc1ccc2c(c1O)N(C(=O)OCc1ccc(NC(=O)[C@H](CCCNC(N)=O)NC(=O)[C@@H](NC(=O)CCCCCN3C(=O)C=CC3=O)C(C)C)cc1)[C@@H](O)[C@@H]1CC(/C=C/C(N)=O)=CN1C2=O. The molecule has 0 bridgehead atoms. The molecule has 5 rings (SSSR count). The van der Waals surface area contributed by atoms with Gasteiger partial charge < -0.3 is 52.6 Å². The van der Waals surface area contributed by atoms with Crippen LogP contribution < -0.4 is 37.6 Å². The van der Waals surface area contributed by atoms with E-state index in [1.54, 1.807) is 32.9 Å². The van der Waals surface area contributed by atoms with Crippen LogP contribution in [0.5, 0.6) is 5.75 Å². The number of phenolic OH excluding ortho intramolecular Hbond substituents is 1. The summed E-state index contributed by atoms with van der Waals surface area (Å²) in [5, 5.41) is 33.3. The third-order valence-electron chi connectivity index (χ3n) is 11.1. The Hall–Kier alpha value is -7.55. The third kappa shape index (κ3) is 12.6. The number of primary amides is 2. The number of aromatic hydroxyl groups is 1. The quantitative estimate of drug-likeness (QED) is 0.0536. The minimum atomic E-state index is -1.70. The van der Waals surface area contributed by atoms with Gasteiger partial charge in [0, 0.05) is 49.6 Å². The molecule has 4 atom stereocenters. The van der Waals surface area contributed by atoms with Crippen LogP contribution in [-0.2, 0) is 40.1 Å². The van der Waals surface area contributed by atoms with E-state index >= 15 is 0 Å². The van der Waals surface area contributed by atoms with E-state index in [-0.39, 0.29) is 74.4 Å². The lowest BCUT2D eigenvalue weighted by Gasteiger charge is -2.31. The Morgan fingerprint density at radius 3 is 2.26 bits per heavy atom. The van der Waals surface area contributed by atoms with Crippen LogP contribution in [0.25, 0.3) is 0 Å². The molecule has 0 radical (unpaired) electrons. The summed E-state index contributed by atoms with van der Waals surface area (Å²) < 4.78 is 5.60. The number of hydrogen-bond acceptors (Lipinski definition) is 12. The van der Waals surface area contributed by atoms with Crippen molar-refractivity contribution in [2.24, 2.45) is 17.4 Å². The van der Waals surface area contributed by atoms with Gasteiger partial charge in [-0.1, -0.05) is 44.5 Å². The van der Waals surface area contributed by atoms with E-state index < -0.39 is 71.8 Å². The Kier molecular flexibility index (Phi) is 16.8. The molecule has 352 valence electrons. The number of aliphatic hydroxyl groups is 1. The summed E-state index contributed by atoms with van der Waals surface area (Å²) in [5.41, 5.74) is 11.7. The van der Waals surface area contributed by atoms with Gasteiger partial charge in [-0.2, -0.15) is 0 Å². The Balaban J connectivity index is 1.20. The van der Waals surface area contributed by atoms with Gasteiger partial charge in [-0.15, -0.1) is 0 Å². The predicted molar refractivity (Wildman–Crippen MR) is 237 cm³/mol. The average Bonchev–Trinajstić information content (AvgIpc) is 3.83. The highest BCUT2D eigenvalue weighted by Gasteiger charge is 2.46. The number of phenols is 1. The highest BCUT2D eigenvalue weighted by atomic mass is 16.6. The molecule has 3 aliphatic rings. The number of urea groups is 1. The zero-order valence-electron chi connectivity index (χ0n) is 36.8. The predicted octanol–water partition coefficient (Wildman–Crippen LogP) is 1.81. The summed E-state index contributed by atoms with van der Waals surface area (Å²) in [6.07, 6.45) is 5.55. The molecule has 10 amide bonds. The molecule has 0 aromatic heterocycles. The number of anilines is 2. The van der Waals surface area contributed by atoms with Crippen LogP contribution in [0.15, 0.2) is 72.5 Å². The second-order valence-corrected chi connectivity index (χ2v) is 16.3. The number of rotatable bonds is 20. The van der Waals surface area contributed by atoms with Crippen LogP contribution in [0, 0.1) is 12.8 Å². The monoisotopic (exact) mass is 913 g/mol. The molecule has 0 aliphatic carbocycles. The number of nitrogens with two attached hydrogens (primary N) is 2. The Morgan fingerprint density at radius 1 is 0.909 bits per heavy atom. The van der Waals surface area contributed by atoms with Crippen molar-refractivity contribution in [3.8, 4) is 5.75 Å². The average molecular weight is 914 g/mol. The Bertz CT molecular complexity index is 2310. The van der Waals surface area contributed by atoms with E-state index in [9.17, 15) is 53.4 Å². The minimum absolute atomic E-state index is 0.0428. The highest BCUT2D eigenvalue weighted by molar-refractivity contribution is 6.13. The first kappa shape index (κ1) is 49.5. The molecule has 0 fully saturated rings. The molecule has 0 saturated heterocycles. The second kappa shape index (κ2) is 22.4. The number of benzene rings is 2. The minimum Gasteiger partial charge on any atom is -0.505 e. The number of nitrogens with zero attached hydrogens (tertiary/aromatic N) is 3. The molecular formula is C45H55N9O12. The van der Waals surface area contributed by atoms with Crippen LogP contribution in [-0.4, -0.2) is 111 Å². The summed E-state index contributed by atoms with van der Waals surface area (Å²) in [5.74, 6) is -4.47. The maximum atomic E-state index is 13.8. The first-order valence-corrected chi connectivity index (χ1v) is 21.4. The van der Waals surface area contributed by atoms with Crippen molar-refractivity contribution in [3.05, 3.63) is 89.2 Å². The van der Waals surface area contributed by atoms with E-state index in [4.69, 9.17) is 16.2 Å². The lowest BCUT2D eigenvalue weighted by atomic mass is 10.0. The van der Waals surface area contributed by atoms with Crippen LogP contribution in [0.1, 0.15) is 80.3 Å². The van der Waals surface area contributed by atoms with Gasteiger partial charge in [0.05, 0.1) is 11.6 Å². The molecule has 10 N–H and O–H groups in total. The molecular weight excluding hydrogens is 859 g/mol. The Labute approximate surface area is 380 Å². The molecule has 3 heterocycles. The number of aryl methyl sites for hydroxylation is 1. The first-order chi connectivity index (χ1) is 31.4. The van der Waals surface area contributed by atoms with Gasteiger partial charge >= 0.3 is 12.1 Å². The van der Waals surface area contributed by atoms with E-state index in [0.717, 1.165) is 15.9 Å². The van der Waals surface area contributed by atoms with Gasteiger partial charge in [0.2, 0.25) is 23.6 Å². The van der Waals surface area contributed by atoms with E-state index in [1.165, 1.54) is 53.6 Å². The fourth-order valence-electron chi connectivity index (χ4n) is 7.51. The third-order valence-corrected chi connectivity index (χ3v) is 11.1. The molecule has 3 aliphatic heterocycles. The Morgan fingerprint density at radius 2 is 1.61 bits per heavy atom. The van der Waals surface area contributed by atoms with E-state index in [1.807, 2.05) is 0 Å². The van der Waals surface area contributed by atoms with Crippen molar-refractivity contribution < 1.29 is 58.1 Å². The van der Waals surface area contributed by atoms with Gasteiger partial charge in [-0.25, -0.2) is 14.5 Å². The van der Waals surface area contributed by atoms with Gasteiger partial charge in [0.15, 0.2) is 6.23 Å². The van der Waals surface area contributed by atoms with Crippen molar-refractivity contribution in [3.63, 3.8) is 0 Å². The number of carbonyl (C=O) groups excluding carboxylic acids is 9. The van der Waals surface area contributed by atoms with Crippen molar-refractivity contribution >= 4 is 64.8 Å². The maximum Gasteiger partial charge on any atom is 0.416 e. The number of carbonyl (C=O) groups is 9. The number of allylic oxidation sites excluding steroid dienone is 1. The molecule has 0 spiro atoms. The number of hydrogen-bond donors (Lipinski definition) is 8. The lowest BCUT2D eigenvalue weighted by Crippen LogP contribution is -2.54. The zero-order valence-corrected chi connectivity index (χ0v) is 36.8. The molecule has 2 aromatic carbocycles. The smallest absolute Gasteiger partial charge is 0.416 e. The van der Waals surface area contributed by atoms with Crippen molar-refractivity contribution in [2.45, 2.75) is 96.7 Å². The van der Waals surface area contributed by atoms with Crippen LogP contribution >= 0.6 is 0 Å². The normalized spacial score (nSPS) is 17.5. The van der Waals surface area contributed by atoms with Crippen LogP contribution in [0.3, 0.4) is 0 Å². The van der Waals surface area contributed by atoms with Crippen molar-refractivity contribution in [1.82, 2.24) is 25.8 Å². The maximum absolute atomic E-state index is 13.8. The van der Waals surface area contributed by atoms with Crippen LogP contribution in [0.4, 0.5) is 21.0 Å². The molecule has 2 aromatic rings. The van der Waals surface area contributed by atoms with Gasteiger partial charge in [0.25, 0.3) is 17.7 Å². The van der Waals surface area contributed by atoms with E-state index in [0.29, 0.717) is 41.6 Å². The number of unbranched alkanes of at least 4 members (excludes halogenated alkanes) is 2. The molecule has 0 unspecified atom stereocenters. The number of ether oxygens (including phenoxy) is 1. The summed E-state index contributed by atoms with van der Waals surface area (Å²) in [6.45, 7) is 5.05. The van der Waals surface area contributed by atoms with Gasteiger partial charge in [-0.05, 0) is 79.8 Å². The lowest BCUT2D eigenvalue weighted by molar-refractivity contribution is -0.137. The summed E-state index contributed by atoms with van der Waals surface area (Å²) in [7, 11) is 0. The molecule has 0 saturated carbocycles. The molecule has 21 nitrogen and oxygen atoms in total. The number of amides is 10. The second-order valence-electron chi connectivity index (χ2n) is 16.3. The fraction of sp³-hybridized carbons (Fsp3) is 0.400. The number of aliphatic hydroxyl groups excluding tert-OH is 1. The summed E-state index contributed by atoms with van der Waals surface area (Å²) in [6, 6.07) is 5.18. The fourth-order valence-corrected chi connectivity index (χ4v) is 7.51. The van der Waals surface area contributed by atoms with Crippen LogP contribution in [0.2, 0.25) is 0 Å². The van der Waals surface area contributed by atoms with Gasteiger partial charge in [-0.3, -0.25) is 38.5 Å². The summed E-state index contributed by atoms with van der Waals surface area (Å²) >= 11 is 0. The first-order valence-electron chi connectivity index (χ1n) is 21.4. The van der Waals surface area contributed by atoms with Crippen molar-refractivity contribution in [1.29, 1.82) is 0 Å². The van der Waals surface area contributed by atoms with Crippen molar-refractivity contribution in [2.75, 3.05) is 23.3 Å². The topological polar surface area (TPSA) is 313 Å². The number of nitrogens with one attached hydrogen (secondary N) is 4. The summed E-state index contributed by atoms with van der Waals surface area (Å²) in [4.78, 5) is 117. The van der Waals surface area contributed by atoms with Gasteiger partial charge in [0.1, 0.15) is 30.1 Å². The highest BCUT2D eigenvalue weighted by Crippen LogP contribution is 2.42. The number of imide groups is 1. The standard InChI is InChI=1S/C45H55N9O12/c1-25(2)37(51-34(56)9-5-4-6-21-52-35(57)18-19-36(52)58)41(61)50-31(8-7-20-48-44(47)64)40(60)49-29-14-11-27(12-15-29)24-66-45(65)54-38-30(16-10-26(3)39(38)59)42(62)53-23-28(13-17-33(46)55)22-32(53)43(54)63/h10-19,23,25,31-32,37,43,59,63H,4-9,20-22,24H2,1-3H3,(H2,46,55)(H,49,60)(H,50,61)(H,51,56)(H3,47,48,64)/b17-13+/t31-,32-,37-,43-/m0/s1. The zero-order chi connectivity index (χ0) is 48.2. The molecule has 21 heteroatoms. The van der Waals surface area contributed by atoms with E-state index in [2.05, 4.69) is 21.3 Å².